The van der Waals surface area contributed by atoms with Gasteiger partial charge in [0.1, 0.15) is 5.54 Å². The van der Waals surface area contributed by atoms with Crippen LogP contribution in [0.1, 0.15) is 39.7 Å². The van der Waals surface area contributed by atoms with Crippen LogP contribution in [-0.4, -0.2) is 21.6 Å². The molecule has 0 bridgehead atoms. The van der Waals surface area contributed by atoms with Crippen molar-refractivity contribution in [3.05, 3.63) is 18.7 Å². The van der Waals surface area contributed by atoms with Crippen LogP contribution in [0, 0.1) is 11.3 Å². The van der Waals surface area contributed by atoms with E-state index < -0.39 is 5.54 Å². The Labute approximate surface area is 97.3 Å². The van der Waals surface area contributed by atoms with Gasteiger partial charge in [-0.3, -0.25) is 5.32 Å². The minimum atomic E-state index is -0.459. The standard InChI is InChI=1S/C12H20N4/c1-4-5-15-12(3,9-13)8-11(2)16-7-6-14-10-16/h6-7,10-11,15H,4-5,8H2,1-3H3. The first-order valence-corrected chi connectivity index (χ1v) is 5.75. The largest absolute Gasteiger partial charge is 0.335 e. The van der Waals surface area contributed by atoms with Gasteiger partial charge >= 0.3 is 0 Å². The van der Waals surface area contributed by atoms with Crippen LogP contribution < -0.4 is 5.32 Å². The number of nitriles is 1. The van der Waals surface area contributed by atoms with Gasteiger partial charge in [0, 0.05) is 18.4 Å². The van der Waals surface area contributed by atoms with Crippen molar-refractivity contribution in [3.63, 3.8) is 0 Å². The predicted molar refractivity (Wildman–Crippen MR) is 63.9 cm³/mol. The Bertz CT molecular complexity index is 338. The summed E-state index contributed by atoms with van der Waals surface area (Å²) in [6.45, 7) is 7.03. The van der Waals surface area contributed by atoms with E-state index in [0.717, 1.165) is 19.4 Å². The fraction of sp³-hybridized carbons (Fsp3) is 0.667. The van der Waals surface area contributed by atoms with Gasteiger partial charge in [0.2, 0.25) is 0 Å². The van der Waals surface area contributed by atoms with Crippen LogP contribution in [-0.2, 0) is 0 Å². The van der Waals surface area contributed by atoms with E-state index in [1.807, 2.05) is 17.7 Å². The summed E-state index contributed by atoms with van der Waals surface area (Å²) >= 11 is 0. The third-order valence-electron chi connectivity index (χ3n) is 2.75. The number of hydrogen-bond donors (Lipinski definition) is 1. The van der Waals surface area contributed by atoms with E-state index >= 15 is 0 Å². The Kier molecular flexibility index (Phi) is 4.51. The number of aromatic nitrogens is 2. The molecule has 0 radical (unpaired) electrons. The number of nitrogens with zero attached hydrogens (tertiary/aromatic N) is 3. The molecule has 0 aliphatic carbocycles. The van der Waals surface area contributed by atoms with Crippen molar-refractivity contribution in [2.75, 3.05) is 6.54 Å². The van der Waals surface area contributed by atoms with Crippen LogP contribution in [0.3, 0.4) is 0 Å². The molecule has 0 fully saturated rings. The van der Waals surface area contributed by atoms with E-state index in [-0.39, 0.29) is 6.04 Å². The SMILES string of the molecule is CCCNC(C)(C#N)CC(C)n1ccnc1. The Hall–Kier alpha value is -1.34. The molecule has 0 aromatic carbocycles. The summed E-state index contributed by atoms with van der Waals surface area (Å²) in [5, 5.41) is 12.5. The lowest BCUT2D eigenvalue weighted by Crippen LogP contribution is -2.42. The van der Waals surface area contributed by atoms with Gasteiger partial charge in [-0.15, -0.1) is 0 Å². The molecule has 1 rings (SSSR count). The summed E-state index contributed by atoms with van der Waals surface area (Å²) in [5.41, 5.74) is -0.459. The fourth-order valence-corrected chi connectivity index (χ4v) is 1.78. The average molecular weight is 220 g/mol. The Balaban J connectivity index is 2.59. The highest BCUT2D eigenvalue weighted by Crippen LogP contribution is 2.20. The maximum atomic E-state index is 9.22. The molecule has 4 heteroatoms. The molecule has 1 N–H and O–H groups in total. The highest BCUT2D eigenvalue weighted by atomic mass is 15.1. The normalized spacial score (nSPS) is 16.4. The highest BCUT2D eigenvalue weighted by molar-refractivity contribution is 5.05. The third-order valence-corrected chi connectivity index (χ3v) is 2.75. The molecule has 16 heavy (non-hydrogen) atoms. The highest BCUT2D eigenvalue weighted by Gasteiger charge is 2.25. The van der Waals surface area contributed by atoms with Gasteiger partial charge in [0.25, 0.3) is 0 Å². The number of hydrogen-bond acceptors (Lipinski definition) is 3. The van der Waals surface area contributed by atoms with E-state index in [2.05, 4.69) is 30.2 Å². The minimum absolute atomic E-state index is 0.275. The molecular weight excluding hydrogens is 200 g/mol. The van der Waals surface area contributed by atoms with Gasteiger partial charge in [-0.05, 0) is 33.2 Å². The second kappa shape index (κ2) is 5.66. The van der Waals surface area contributed by atoms with Crippen LogP contribution in [0.15, 0.2) is 18.7 Å². The molecule has 4 nitrogen and oxygen atoms in total. The van der Waals surface area contributed by atoms with Crippen molar-refractivity contribution in [3.8, 4) is 6.07 Å². The zero-order valence-corrected chi connectivity index (χ0v) is 10.3. The predicted octanol–water partition coefficient (Wildman–Crippen LogP) is 2.12. The zero-order valence-electron chi connectivity index (χ0n) is 10.3. The second-order valence-electron chi connectivity index (χ2n) is 4.43. The van der Waals surface area contributed by atoms with Crippen molar-refractivity contribution in [2.24, 2.45) is 0 Å². The molecule has 0 saturated carbocycles. The van der Waals surface area contributed by atoms with Crippen LogP contribution in [0.25, 0.3) is 0 Å². The van der Waals surface area contributed by atoms with E-state index in [1.54, 1.807) is 12.5 Å². The molecule has 88 valence electrons. The summed E-state index contributed by atoms with van der Waals surface area (Å²) in [7, 11) is 0. The molecule has 0 amide bonds. The number of imidazole rings is 1. The van der Waals surface area contributed by atoms with Crippen molar-refractivity contribution < 1.29 is 0 Å². The van der Waals surface area contributed by atoms with E-state index in [1.165, 1.54) is 0 Å². The molecule has 0 aliphatic heterocycles. The monoisotopic (exact) mass is 220 g/mol. The third kappa shape index (κ3) is 3.35. The van der Waals surface area contributed by atoms with E-state index in [4.69, 9.17) is 0 Å². The van der Waals surface area contributed by atoms with Gasteiger partial charge in [-0.2, -0.15) is 5.26 Å². The lowest BCUT2D eigenvalue weighted by molar-refractivity contribution is 0.348. The Morgan fingerprint density at radius 3 is 2.88 bits per heavy atom. The molecule has 2 atom stereocenters. The first-order chi connectivity index (χ1) is 7.61. The van der Waals surface area contributed by atoms with Crippen molar-refractivity contribution in [1.29, 1.82) is 5.26 Å². The van der Waals surface area contributed by atoms with Crippen LogP contribution in [0.2, 0.25) is 0 Å². The van der Waals surface area contributed by atoms with Gasteiger partial charge in [-0.1, -0.05) is 6.92 Å². The second-order valence-corrected chi connectivity index (χ2v) is 4.43. The fourth-order valence-electron chi connectivity index (χ4n) is 1.78. The number of rotatable bonds is 6. The molecule has 0 spiro atoms. The molecule has 2 unspecified atom stereocenters. The summed E-state index contributed by atoms with van der Waals surface area (Å²) in [6.07, 6.45) is 7.31. The van der Waals surface area contributed by atoms with Gasteiger partial charge in [0.05, 0.1) is 12.4 Å². The van der Waals surface area contributed by atoms with Crippen molar-refractivity contribution >= 4 is 0 Å². The lowest BCUT2D eigenvalue weighted by atomic mass is 9.95. The summed E-state index contributed by atoms with van der Waals surface area (Å²) in [4.78, 5) is 4.02. The van der Waals surface area contributed by atoms with Crippen LogP contribution >= 0.6 is 0 Å². The summed E-state index contributed by atoms with van der Waals surface area (Å²) in [5.74, 6) is 0. The smallest absolute Gasteiger partial charge is 0.105 e. The average Bonchev–Trinajstić information content (AvgIpc) is 2.80. The first-order valence-electron chi connectivity index (χ1n) is 5.75. The molecule has 1 aromatic rings. The topological polar surface area (TPSA) is 53.6 Å². The molecule has 1 heterocycles. The van der Waals surface area contributed by atoms with E-state index in [9.17, 15) is 5.26 Å². The Morgan fingerprint density at radius 1 is 1.62 bits per heavy atom. The number of nitrogens with one attached hydrogen (secondary N) is 1. The molecular formula is C12H20N4. The molecule has 1 aromatic heterocycles. The van der Waals surface area contributed by atoms with Gasteiger partial charge in [0.15, 0.2) is 0 Å². The minimum Gasteiger partial charge on any atom is -0.335 e. The zero-order chi connectivity index (χ0) is 12.0. The molecule has 0 saturated heterocycles. The summed E-state index contributed by atoms with van der Waals surface area (Å²) in [6, 6.07) is 2.64. The van der Waals surface area contributed by atoms with E-state index in [0.29, 0.717) is 0 Å². The lowest BCUT2D eigenvalue weighted by Gasteiger charge is -2.27. The van der Waals surface area contributed by atoms with Crippen LogP contribution in [0.5, 0.6) is 0 Å². The quantitative estimate of drug-likeness (QED) is 0.799. The Morgan fingerprint density at radius 2 is 2.38 bits per heavy atom. The summed E-state index contributed by atoms with van der Waals surface area (Å²) < 4.78 is 2.03. The van der Waals surface area contributed by atoms with Crippen LogP contribution in [0.4, 0.5) is 0 Å². The van der Waals surface area contributed by atoms with Gasteiger partial charge < -0.3 is 4.57 Å². The van der Waals surface area contributed by atoms with Gasteiger partial charge in [-0.25, -0.2) is 4.98 Å². The maximum absolute atomic E-state index is 9.22. The molecule has 0 aliphatic rings. The van der Waals surface area contributed by atoms with Crippen molar-refractivity contribution in [2.45, 2.75) is 45.2 Å². The first kappa shape index (κ1) is 12.7. The van der Waals surface area contributed by atoms with Crippen molar-refractivity contribution in [1.82, 2.24) is 14.9 Å². The maximum Gasteiger partial charge on any atom is 0.105 e.